The van der Waals surface area contributed by atoms with Gasteiger partial charge >= 0.3 is 12.1 Å². The third kappa shape index (κ3) is 2.16. The van der Waals surface area contributed by atoms with Gasteiger partial charge in [0.05, 0.1) is 0 Å². The van der Waals surface area contributed by atoms with E-state index >= 15 is 0 Å². The van der Waals surface area contributed by atoms with Crippen LogP contribution in [0.3, 0.4) is 0 Å². The second kappa shape index (κ2) is 3.97. The van der Waals surface area contributed by atoms with Crippen molar-refractivity contribution in [1.82, 2.24) is 9.55 Å². The summed E-state index contributed by atoms with van der Waals surface area (Å²) < 4.78 is 39.1. The SMILES string of the molecule is CC(C)(C(=O)O)n1ccc2ccc(C(F)(F)F)nc21. The third-order valence-electron chi connectivity index (χ3n) is 2.95. The second-order valence-electron chi connectivity index (χ2n) is 4.66. The van der Waals surface area contributed by atoms with Crippen molar-refractivity contribution in [2.75, 3.05) is 0 Å². The average Bonchev–Trinajstić information content (AvgIpc) is 2.70. The van der Waals surface area contributed by atoms with Crippen molar-refractivity contribution >= 4 is 17.0 Å². The second-order valence-corrected chi connectivity index (χ2v) is 4.66. The van der Waals surface area contributed by atoms with Crippen LogP contribution in [0.4, 0.5) is 13.2 Å². The Labute approximate surface area is 106 Å². The van der Waals surface area contributed by atoms with E-state index in [0.717, 1.165) is 6.07 Å². The van der Waals surface area contributed by atoms with Crippen molar-refractivity contribution in [2.24, 2.45) is 0 Å². The van der Waals surface area contributed by atoms with E-state index in [1.807, 2.05) is 0 Å². The van der Waals surface area contributed by atoms with E-state index in [2.05, 4.69) is 4.98 Å². The Hall–Kier alpha value is -2.05. The van der Waals surface area contributed by atoms with E-state index in [0.29, 0.717) is 5.39 Å². The van der Waals surface area contributed by atoms with Crippen LogP contribution in [-0.2, 0) is 16.5 Å². The Morgan fingerprint density at radius 2 is 1.89 bits per heavy atom. The Morgan fingerprint density at radius 1 is 1.26 bits per heavy atom. The number of pyridine rings is 1. The highest BCUT2D eigenvalue weighted by molar-refractivity contribution is 5.82. The summed E-state index contributed by atoms with van der Waals surface area (Å²) in [5, 5.41) is 9.59. The van der Waals surface area contributed by atoms with Gasteiger partial charge in [0.15, 0.2) is 0 Å². The number of aliphatic carboxylic acids is 1. The molecule has 2 heterocycles. The minimum Gasteiger partial charge on any atom is -0.480 e. The molecule has 0 amide bonds. The number of rotatable bonds is 2. The molecule has 0 aliphatic heterocycles. The molecular formula is C12H11F3N2O2. The minimum atomic E-state index is -4.56. The van der Waals surface area contributed by atoms with Gasteiger partial charge in [-0.3, -0.25) is 0 Å². The van der Waals surface area contributed by atoms with Gasteiger partial charge < -0.3 is 9.67 Å². The topological polar surface area (TPSA) is 55.1 Å². The number of halogens is 3. The summed E-state index contributed by atoms with van der Waals surface area (Å²) in [5.41, 5.74) is -2.41. The van der Waals surface area contributed by atoms with E-state index in [4.69, 9.17) is 5.11 Å². The molecule has 7 heteroatoms. The summed E-state index contributed by atoms with van der Waals surface area (Å²) in [5.74, 6) is -1.15. The summed E-state index contributed by atoms with van der Waals surface area (Å²) >= 11 is 0. The molecule has 0 saturated heterocycles. The first-order chi connectivity index (χ1) is 8.64. The first kappa shape index (κ1) is 13.4. The largest absolute Gasteiger partial charge is 0.480 e. The molecule has 0 aliphatic carbocycles. The molecule has 0 saturated carbocycles. The fraction of sp³-hybridized carbons (Fsp3) is 0.333. The molecule has 2 rings (SSSR count). The van der Waals surface area contributed by atoms with Gasteiger partial charge in [0.1, 0.15) is 16.9 Å². The van der Waals surface area contributed by atoms with E-state index in [1.54, 1.807) is 0 Å². The van der Waals surface area contributed by atoms with Crippen LogP contribution in [0, 0.1) is 0 Å². The highest BCUT2D eigenvalue weighted by atomic mass is 19.4. The number of hydrogen-bond acceptors (Lipinski definition) is 2. The minimum absolute atomic E-state index is 0.00206. The van der Waals surface area contributed by atoms with Gasteiger partial charge in [0.2, 0.25) is 0 Å². The Morgan fingerprint density at radius 3 is 2.42 bits per heavy atom. The maximum Gasteiger partial charge on any atom is 0.433 e. The molecule has 1 N–H and O–H groups in total. The van der Waals surface area contributed by atoms with Crippen LogP contribution in [0.25, 0.3) is 11.0 Å². The molecule has 0 radical (unpaired) electrons. The molecule has 0 aromatic carbocycles. The predicted molar refractivity (Wildman–Crippen MR) is 61.7 cm³/mol. The van der Waals surface area contributed by atoms with Crippen LogP contribution in [0.5, 0.6) is 0 Å². The zero-order chi connectivity index (χ0) is 14.4. The molecular weight excluding hydrogens is 261 g/mol. The van der Waals surface area contributed by atoms with Crippen molar-refractivity contribution in [3.05, 3.63) is 30.1 Å². The number of alkyl halides is 3. The number of hydrogen-bond donors (Lipinski definition) is 1. The highest BCUT2D eigenvalue weighted by Crippen LogP contribution is 2.30. The molecule has 4 nitrogen and oxygen atoms in total. The Balaban J connectivity index is 2.68. The molecule has 0 fully saturated rings. The van der Waals surface area contributed by atoms with Gasteiger partial charge in [-0.2, -0.15) is 13.2 Å². The van der Waals surface area contributed by atoms with Gasteiger partial charge in [-0.15, -0.1) is 0 Å². The lowest BCUT2D eigenvalue weighted by atomic mass is 10.1. The molecule has 2 aromatic rings. The Bertz CT molecular complexity index is 644. The standard InChI is InChI=1S/C12H11F3N2O2/c1-11(2,10(18)19)17-6-5-7-3-4-8(12(13,14)15)16-9(7)17/h3-6H,1-2H3,(H,18,19). The lowest BCUT2D eigenvalue weighted by Crippen LogP contribution is -2.35. The summed E-state index contributed by atoms with van der Waals surface area (Å²) in [6.45, 7) is 2.80. The van der Waals surface area contributed by atoms with Crippen LogP contribution in [0.1, 0.15) is 19.5 Å². The monoisotopic (exact) mass is 272 g/mol. The van der Waals surface area contributed by atoms with Crippen LogP contribution in [0.15, 0.2) is 24.4 Å². The van der Waals surface area contributed by atoms with Gasteiger partial charge in [0.25, 0.3) is 0 Å². The van der Waals surface area contributed by atoms with Crippen molar-refractivity contribution in [3.8, 4) is 0 Å². The van der Waals surface area contributed by atoms with Gasteiger partial charge in [0, 0.05) is 11.6 Å². The molecule has 0 aliphatic rings. The molecule has 19 heavy (non-hydrogen) atoms. The van der Waals surface area contributed by atoms with Crippen molar-refractivity contribution < 1.29 is 23.1 Å². The normalized spacial score (nSPS) is 12.9. The maximum absolute atomic E-state index is 12.6. The molecule has 102 valence electrons. The highest BCUT2D eigenvalue weighted by Gasteiger charge is 2.35. The quantitative estimate of drug-likeness (QED) is 0.914. The molecule has 0 unspecified atom stereocenters. The summed E-state index contributed by atoms with van der Waals surface area (Å²) in [7, 11) is 0. The lowest BCUT2D eigenvalue weighted by molar-refractivity contribution is -0.145. The molecule has 0 atom stereocenters. The molecule has 0 spiro atoms. The van der Waals surface area contributed by atoms with Crippen molar-refractivity contribution in [2.45, 2.75) is 25.6 Å². The molecule has 0 bridgehead atoms. The first-order valence-electron chi connectivity index (χ1n) is 5.43. The number of nitrogens with zero attached hydrogens (tertiary/aromatic N) is 2. The maximum atomic E-state index is 12.6. The zero-order valence-corrected chi connectivity index (χ0v) is 10.2. The lowest BCUT2D eigenvalue weighted by Gasteiger charge is -2.22. The summed E-state index contributed by atoms with van der Waals surface area (Å²) in [6.07, 6.45) is -3.14. The van der Waals surface area contributed by atoms with E-state index < -0.39 is 23.4 Å². The fourth-order valence-electron chi connectivity index (χ4n) is 1.72. The van der Waals surface area contributed by atoms with E-state index in [9.17, 15) is 18.0 Å². The van der Waals surface area contributed by atoms with Crippen LogP contribution in [-0.4, -0.2) is 20.6 Å². The van der Waals surface area contributed by atoms with Crippen LogP contribution >= 0.6 is 0 Å². The fourth-order valence-corrected chi connectivity index (χ4v) is 1.72. The third-order valence-corrected chi connectivity index (χ3v) is 2.95. The van der Waals surface area contributed by atoms with Gasteiger partial charge in [-0.1, -0.05) is 0 Å². The van der Waals surface area contributed by atoms with Crippen LogP contribution < -0.4 is 0 Å². The number of fused-ring (bicyclic) bond motifs is 1. The Kier molecular flexibility index (Phi) is 2.80. The number of aromatic nitrogens is 2. The predicted octanol–water partition coefficient (Wildman–Crippen LogP) is 2.87. The van der Waals surface area contributed by atoms with Gasteiger partial charge in [-0.25, -0.2) is 9.78 Å². The number of carbonyl (C=O) groups is 1. The zero-order valence-electron chi connectivity index (χ0n) is 10.2. The first-order valence-corrected chi connectivity index (χ1v) is 5.43. The van der Waals surface area contributed by atoms with Crippen molar-refractivity contribution in [1.29, 1.82) is 0 Å². The average molecular weight is 272 g/mol. The summed E-state index contributed by atoms with van der Waals surface area (Å²) in [6, 6.07) is 3.69. The number of carboxylic acid groups (broad SMARTS) is 1. The van der Waals surface area contributed by atoms with E-state index in [1.165, 1.54) is 36.7 Å². The number of carboxylic acids is 1. The van der Waals surface area contributed by atoms with E-state index in [-0.39, 0.29) is 5.65 Å². The smallest absolute Gasteiger partial charge is 0.433 e. The van der Waals surface area contributed by atoms with Gasteiger partial charge in [-0.05, 0) is 32.0 Å². The molecule has 2 aromatic heterocycles. The van der Waals surface area contributed by atoms with Crippen LogP contribution in [0.2, 0.25) is 0 Å². The summed E-state index contributed by atoms with van der Waals surface area (Å²) in [4.78, 5) is 14.7. The van der Waals surface area contributed by atoms with Crippen molar-refractivity contribution in [3.63, 3.8) is 0 Å².